The van der Waals surface area contributed by atoms with Gasteiger partial charge in [-0.25, -0.2) is 0 Å². The molecule has 3 heteroatoms. The van der Waals surface area contributed by atoms with Crippen molar-refractivity contribution in [3.8, 4) is 11.8 Å². The van der Waals surface area contributed by atoms with E-state index in [9.17, 15) is 4.79 Å². The van der Waals surface area contributed by atoms with Crippen molar-refractivity contribution in [3.05, 3.63) is 77.4 Å². The van der Waals surface area contributed by atoms with Gasteiger partial charge in [-0.15, -0.1) is 0 Å². The van der Waals surface area contributed by atoms with Gasteiger partial charge in [0.25, 0.3) is 0 Å². The molecule has 1 fully saturated rings. The van der Waals surface area contributed by atoms with E-state index < -0.39 is 5.97 Å². The number of nitrogens with zero attached hydrogens (tertiary/aromatic N) is 1. The molecule has 1 N–H and O–H groups in total. The van der Waals surface area contributed by atoms with E-state index in [0.717, 1.165) is 16.7 Å². The van der Waals surface area contributed by atoms with E-state index in [1.807, 2.05) is 36.4 Å². The normalized spacial score (nSPS) is 14.7. The molecular formula is C25H27NO2. The van der Waals surface area contributed by atoms with Crippen LogP contribution in [0.3, 0.4) is 0 Å². The summed E-state index contributed by atoms with van der Waals surface area (Å²) in [6.07, 6.45) is 7.28. The minimum Gasteiger partial charge on any atom is -0.480 e. The Hall–Kier alpha value is -2.83. The first-order chi connectivity index (χ1) is 13.6. The van der Waals surface area contributed by atoms with Crippen LogP contribution in [-0.2, 0) is 4.79 Å². The summed E-state index contributed by atoms with van der Waals surface area (Å²) in [5.41, 5.74) is 4.39. The number of allylic oxidation sites excluding steroid dienone is 1. The molecule has 0 unspecified atom stereocenters. The molecule has 0 atom stereocenters. The Morgan fingerprint density at radius 2 is 1.79 bits per heavy atom. The van der Waals surface area contributed by atoms with Gasteiger partial charge in [0, 0.05) is 17.7 Å². The molecule has 1 aliphatic rings. The van der Waals surface area contributed by atoms with Crippen LogP contribution in [0.2, 0.25) is 0 Å². The van der Waals surface area contributed by atoms with Gasteiger partial charge in [0.15, 0.2) is 0 Å². The van der Waals surface area contributed by atoms with Crippen LogP contribution in [0.4, 0.5) is 0 Å². The Morgan fingerprint density at radius 1 is 1.11 bits per heavy atom. The van der Waals surface area contributed by atoms with E-state index >= 15 is 0 Å². The highest BCUT2D eigenvalue weighted by Crippen LogP contribution is 2.33. The third-order valence-corrected chi connectivity index (χ3v) is 5.18. The summed E-state index contributed by atoms with van der Waals surface area (Å²) in [7, 11) is 1.79. The van der Waals surface area contributed by atoms with E-state index in [0.29, 0.717) is 12.5 Å². The average Bonchev–Trinajstić information content (AvgIpc) is 3.23. The van der Waals surface area contributed by atoms with Crippen LogP contribution in [0.5, 0.6) is 0 Å². The van der Waals surface area contributed by atoms with Gasteiger partial charge in [-0.2, -0.15) is 0 Å². The van der Waals surface area contributed by atoms with Gasteiger partial charge in [0.1, 0.15) is 0 Å². The van der Waals surface area contributed by atoms with Crippen LogP contribution >= 0.6 is 0 Å². The lowest BCUT2D eigenvalue weighted by molar-refractivity contribution is -0.137. The number of hydrogen-bond donors (Lipinski definition) is 1. The first-order valence-corrected chi connectivity index (χ1v) is 9.90. The predicted octanol–water partition coefficient (Wildman–Crippen LogP) is 4.80. The summed E-state index contributed by atoms with van der Waals surface area (Å²) in [5, 5.41) is 8.93. The Balaban J connectivity index is 1.77. The molecule has 0 aromatic heterocycles. The minimum atomic E-state index is -0.828. The van der Waals surface area contributed by atoms with E-state index in [-0.39, 0.29) is 6.54 Å². The fourth-order valence-electron chi connectivity index (χ4n) is 3.64. The molecule has 0 radical (unpaired) electrons. The quantitative estimate of drug-likeness (QED) is 0.740. The van der Waals surface area contributed by atoms with Gasteiger partial charge >= 0.3 is 5.97 Å². The summed E-state index contributed by atoms with van der Waals surface area (Å²) in [6.45, 7) is 0.542. The SMILES string of the molecule is CN(CC=C(C#Cc1ccc(C2CCCC2)cc1)c1ccccc1)CC(=O)O. The van der Waals surface area contributed by atoms with Gasteiger partial charge in [0.2, 0.25) is 0 Å². The molecule has 3 nitrogen and oxygen atoms in total. The molecule has 1 aliphatic carbocycles. The summed E-state index contributed by atoms with van der Waals surface area (Å²) in [5.74, 6) is 6.45. The number of carboxylic acids is 1. The molecule has 0 aliphatic heterocycles. The Labute approximate surface area is 167 Å². The lowest BCUT2D eigenvalue weighted by Crippen LogP contribution is -2.25. The molecule has 0 spiro atoms. The molecular weight excluding hydrogens is 346 g/mol. The van der Waals surface area contributed by atoms with Crippen molar-refractivity contribution in [1.82, 2.24) is 4.90 Å². The maximum Gasteiger partial charge on any atom is 0.317 e. The number of aliphatic carboxylic acids is 1. The van der Waals surface area contributed by atoms with Crippen molar-refractivity contribution in [2.24, 2.45) is 0 Å². The molecule has 1 saturated carbocycles. The molecule has 2 aromatic rings. The van der Waals surface area contributed by atoms with E-state index in [2.05, 4.69) is 36.1 Å². The summed E-state index contributed by atoms with van der Waals surface area (Å²) < 4.78 is 0. The highest BCUT2D eigenvalue weighted by molar-refractivity contribution is 5.79. The highest BCUT2D eigenvalue weighted by Gasteiger charge is 2.16. The van der Waals surface area contributed by atoms with Crippen LogP contribution in [0.25, 0.3) is 5.57 Å². The third-order valence-electron chi connectivity index (χ3n) is 5.18. The first-order valence-electron chi connectivity index (χ1n) is 9.90. The zero-order valence-corrected chi connectivity index (χ0v) is 16.4. The molecule has 0 heterocycles. The summed E-state index contributed by atoms with van der Waals surface area (Å²) in [6, 6.07) is 18.7. The lowest BCUT2D eigenvalue weighted by Gasteiger charge is -2.11. The maximum absolute atomic E-state index is 10.9. The molecule has 0 saturated heterocycles. The van der Waals surface area contributed by atoms with Crippen LogP contribution in [-0.4, -0.2) is 36.1 Å². The van der Waals surface area contributed by atoms with Crippen LogP contribution in [0, 0.1) is 11.8 Å². The van der Waals surface area contributed by atoms with Crippen molar-refractivity contribution < 1.29 is 9.90 Å². The van der Waals surface area contributed by atoms with Crippen LogP contribution < -0.4 is 0 Å². The van der Waals surface area contributed by atoms with Gasteiger partial charge in [-0.3, -0.25) is 9.69 Å². The van der Waals surface area contributed by atoms with Gasteiger partial charge < -0.3 is 5.11 Å². The van der Waals surface area contributed by atoms with Crippen molar-refractivity contribution >= 4 is 11.5 Å². The van der Waals surface area contributed by atoms with Crippen molar-refractivity contribution in [1.29, 1.82) is 0 Å². The number of benzene rings is 2. The zero-order chi connectivity index (χ0) is 19.8. The third kappa shape index (κ3) is 5.84. The molecule has 28 heavy (non-hydrogen) atoms. The first kappa shape index (κ1) is 19.9. The predicted molar refractivity (Wildman–Crippen MR) is 114 cm³/mol. The summed E-state index contributed by atoms with van der Waals surface area (Å²) in [4.78, 5) is 12.6. The van der Waals surface area contributed by atoms with Crippen molar-refractivity contribution in [2.45, 2.75) is 31.6 Å². The Kier molecular flexibility index (Phi) is 7.06. The molecule has 0 amide bonds. The monoisotopic (exact) mass is 373 g/mol. The van der Waals surface area contributed by atoms with Crippen LogP contribution in [0.1, 0.15) is 48.3 Å². The average molecular weight is 373 g/mol. The highest BCUT2D eigenvalue weighted by atomic mass is 16.4. The number of carbonyl (C=O) groups is 1. The topological polar surface area (TPSA) is 40.5 Å². The molecule has 3 rings (SSSR count). The van der Waals surface area contributed by atoms with Crippen LogP contribution in [0.15, 0.2) is 60.7 Å². The molecule has 144 valence electrons. The lowest BCUT2D eigenvalue weighted by atomic mass is 9.97. The van der Waals surface area contributed by atoms with Gasteiger partial charge in [0.05, 0.1) is 6.54 Å². The number of likely N-dealkylation sites (N-methyl/N-ethyl adjacent to an activating group) is 1. The van der Waals surface area contributed by atoms with E-state index in [1.54, 1.807) is 11.9 Å². The largest absolute Gasteiger partial charge is 0.480 e. The number of carboxylic acid groups (broad SMARTS) is 1. The van der Waals surface area contributed by atoms with E-state index in [1.165, 1.54) is 31.2 Å². The number of rotatable bonds is 6. The van der Waals surface area contributed by atoms with Gasteiger partial charge in [-0.1, -0.05) is 73.2 Å². The smallest absolute Gasteiger partial charge is 0.317 e. The molecule has 0 bridgehead atoms. The fourth-order valence-corrected chi connectivity index (χ4v) is 3.64. The maximum atomic E-state index is 10.9. The zero-order valence-electron chi connectivity index (χ0n) is 16.4. The second kappa shape index (κ2) is 9.92. The fraction of sp³-hybridized carbons (Fsp3) is 0.320. The van der Waals surface area contributed by atoms with Crippen molar-refractivity contribution in [2.75, 3.05) is 20.1 Å². The molecule has 2 aromatic carbocycles. The van der Waals surface area contributed by atoms with E-state index in [4.69, 9.17) is 5.11 Å². The Morgan fingerprint density at radius 3 is 2.43 bits per heavy atom. The van der Waals surface area contributed by atoms with Crippen molar-refractivity contribution in [3.63, 3.8) is 0 Å². The Bertz CT molecular complexity index is 866. The van der Waals surface area contributed by atoms with Gasteiger partial charge in [-0.05, 0) is 49.1 Å². The second-order valence-corrected chi connectivity index (χ2v) is 7.43. The number of hydrogen-bond acceptors (Lipinski definition) is 2. The second-order valence-electron chi connectivity index (χ2n) is 7.43. The minimum absolute atomic E-state index is 0.00856. The standard InChI is InChI=1S/C25H27NO2/c1-26(19-25(27)28)18-17-24(22-7-3-2-4-8-22)16-13-20-11-14-23(15-12-20)21-9-5-6-10-21/h2-4,7-8,11-12,14-15,17,21H,5-6,9-10,18-19H2,1H3,(H,27,28). The summed E-state index contributed by atoms with van der Waals surface area (Å²) >= 11 is 0.